The van der Waals surface area contributed by atoms with Crippen LogP contribution in [-0.4, -0.2) is 16.8 Å². The Bertz CT molecular complexity index is 432. The number of rotatable bonds is 4. The maximum Gasteiger partial charge on any atom is 0.328 e. The van der Waals surface area contributed by atoms with Crippen molar-refractivity contribution in [3.05, 3.63) is 34.3 Å². The van der Waals surface area contributed by atoms with Crippen molar-refractivity contribution in [1.82, 2.24) is 0 Å². The Balaban J connectivity index is 2.65. The fourth-order valence-corrected chi connectivity index (χ4v) is 2.33. The summed E-state index contributed by atoms with van der Waals surface area (Å²) < 4.78 is 0.937. The number of hydrogen-bond acceptors (Lipinski definition) is 3. The minimum absolute atomic E-state index is 0.623. The van der Waals surface area contributed by atoms with Crippen molar-refractivity contribution in [3.8, 4) is 0 Å². The summed E-state index contributed by atoms with van der Waals surface area (Å²) in [6.45, 7) is 1.79. The third-order valence-electron chi connectivity index (χ3n) is 1.80. The van der Waals surface area contributed by atoms with Gasteiger partial charge in [-0.2, -0.15) is 0 Å². The van der Waals surface area contributed by atoms with Crippen molar-refractivity contribution >= 4 is 39.3 Å². The molecule has 0 aliphatic heterocycles. The molecule has 0 spiro atoms. The van der Waals surface area contributed by atoms with Gasteiger partial charge in [0, 0.05) is 26.9 Å². The summed E-state index contributed by atoms with van der Waals surface area (Å²) in [6.07, 6.45) is 1.21. The summed E-state index contributed by atoms with van der Waals surface area (Å²) in [5.74, 6) is -0.292. The van der Waals surface area contributed by atoms with E-state index in [9.17, 15) is 4.79 Å². The van der Waals surface area contributed by atoms with Crippen LogP contribution in [0.2, 0.25) is 0 Å². The fourth-order valence-electron chi connectivity index (χ4n) is 1.09. The SMILES string of the molecule is CC(=CC(=O)O)CSc1ccc(Br)cc1N. The Morgan fingerprint density at radius 2 is 2.31 bits per heavy atom. The molecule has 0 heterocycles. The number of halogens is 1. The van der Waals surface area contributed by atoms with Gasteiger partial charge in [-0.1, -0.05) is 21.5 Å². The largest absolute Gasteiger partial charge is 0.478 e. The molecule has 16 heavy (non-hydrogen) atoms. The number of aliphatic carboxylic acids is 1. The van der Waals surface area contributed by atoms with Crippen LogP contribution in [0.15, 0.2) is 39.2 Å². The number of nitrogens with two attached hydrogens (primary N) is 1. The van der Waals surface area contributed by atoms with Gasteiger partial charge in [0.2, 0.25) is 0 Å². The van der Waals surface area contributed by atoms with Gasteiger partial charge >= 0.3 is 5.97 Å². The standard InChI is InChI=1S/C11H12BrNO2S/c1-7(4-11(14)15)6-16-10-3-2-8(12)5-9(10)13/h2-5H,6,13H2,1H3,(H,14,15). The highest BCUT2D eigenvalue weighted by molar-refractivity contribution is 9.10. The van der Waals surface area contributed by atoms with E-state index in [1.807, 2.05) is 18.2 Å². The highest BCUT2D eigenvalue weighted by Crippen LogP contribution is 2.28. The third-order valence-corrected chi connectivity index (χ3v) is 3.57. The monoisotopic (exact) mass is 301 g/mol. The third kappa shape index (κ3) is 4.28. The summed E-state index contributed by atoms with van der Waals surface area (Å²) in [6, 6.07) is 5.66. The number of hydrogen-bond donors (Lipinski definition) is 2. The number of anilines is 1. The molecule has 0 unspecified atom stereocenters. The minimum Gasteiger partial charge on any atom is -0.478 e. The van der Waals surface area contributed by atoms with Gasteiger partial charge in [-0.25, -0.2) is 4.79 Å². The first-order valence-electron chi connectivity index (χ1n) is 4.57. The van der Waals surface area contributed by atoms with Crippen LogP contribution in [0.3, 0.4) is 0 Å². The van der Waals surface area contributed by atoms with Crippen LogP contribution in [0.25, 0.3) is 0 Å². The van der Waals surface area contributed by atoms with E-state index >= 15 is 0 Å². The highest BCUT2D eigenvalue weighted by atomic mass is 79.9. The summed E-state index contributed by atoms with van der Waals surface area (Å²) in [7, 11) is 0. The number of benzene rings is 1. The summed E-state index contributed by atoms with van der Waals surface area (Å²) >= 11 is 4.86. The molecule has 86 valence electrons. The van der Waals surface area contributed by atoms with Gasteiger partial charge in [-0.05, 0) is 25.1 Å². The van der Waals surface area contributed by atoms with Crippen LogP contribution in [-0.2, 0) is 4.79 Å². The molecule has 0 saturated heterocycles. The van der Waals surface area contributed by atoms with Crippen LogP contribution in [0.1, 0.15) is 6.92 Å². The second-order valence-corrected chi connectivity index (χ2v) is 5.23. The molecule has 0 saturated carbocycles. The molecule has 0 aliphatic carbocycles. The second-order valence-electron chi connectivity index (χ2n) is 3.30. The number of thioether (sulfide) groups is 1. The van der Waals surface area contributed by atoms with E-state index in [0.717, 1.165) is 14.9 Å². The maximum absolute atomic E-state index is 10.4. The average molecular weight is 302 g/mol. The number of nitrogen functional groups attached to an aromatic ring is 1. The van der Waals surface area contributed by atoms with Crippen LogP contribution in [0.5, 0.6) is 0 Å². The summed E-state index contributed by atoms with van der Waals surface area (Å²) in [5.41, 5.74) is 7.32. The zero-order valence-corrected chi connectivity index (χ0v) is 11.1. The lowest BCUT2D eigenvalue weighted by molar-refractivity contribution is -0.131. The highest BCUT2D eigenvalue weighted by Gasteiger charge is 2.02. The van der Waals surface area contributed by atoms with Gasteiger partial charge in [0.05, 0.1) is 0 Å². The molecule has 3 N–H and O–H groups in total. The van der Waals surface area contributed by atoms with Crippen LogP contribution in [0.4, 0.5) is 5.69 Å². The maximum atomic E-state index is 10.4. The van der Waals surface area contributed by atoms with E-state index in [1.165, 1.54) is 17.8 Å². The van der Waals surface area contributed by atoms with Crippen LogP contribution < -0.4 is 5.73 Å². The Hall–Kier alpha value is -0.940. The van der Waals surface area contributed by atoms with E-state index in [1.54, 1.807) is 6.92 Å². The molecular weight excluding hydrogens is 290 g/mol. The molecular formula is C11H12BrNO2S. The Labute approximate surface area is 107 Å². The zero-order valence-electron chi connectivity index (χ0n) is 8.74. The number of carboxylic acid groups (broad SMARTS) is 1. The first-order chi connectivity index (χ1) is 7.49. The summed E-state index contributed by atoms with van der Waals surface area (Å²) in [5, 5.41) is 8.56. The van der Waals surface area contributed by atoms with Gasteiger partial charge in [0.1, 0.15) is 0 Å². The molecule has 0 aliphatic rings. The lowest BCUT2D eigenvalue weighted by atomic mass is 10.3. The van der Waals surface area contributed by atoms with Gasteiger partial charge in [-0.15, -0.1) is 11.8 Å². The Morgan fingerprint density at radius 3 is 2.88 bits per heavy atom. The minimum atomic E-state index is -0.915. The van der Waals surface area contributed by atoms with E-state index < -0.39 is 5.97 Å². The molecule has 0 amide bonds. The number of carboxylic acids is 1. The first-order valence-corrected chi connectivity index (χ1v) is 6.35. The Morgan fingerprint density at radius 1 is 1.62 bits per heavy atom. The number of carbonyl (C=O) groups is 1. The van der Waals surface area contributed by atoms with Gasteiger partial charge in [-0.3, -0.25) is 0 Å². The summed E-state index contributed by atoms with van der Waals surface area (Å²) in [4.78, 5) is 11.4. The molecule has 0 bridgehead atoms. The van der Waals surface area contributed by atoms with Gasteiger partial charge in [0.25, 0.3) is 0 Å². The van der Waals surface area contributed by atoms with Gasteiger partial charge < -0.3 is 10.8 Å². The molecule has 1 rings (SSSR count). The lowest BCUT2D eigenvalue weighted by Crippen LogP contribution is -1.93. The zero-order chi connectivity index (χ0) is 12.1. The molecule has 3 nitrogen and oxygen atoms in total. The van der Waals surface area contributed by atoms with E-state index in [2.05, 4.69) is 15.9 Å². The average Bonchev–Trinajstić information content (AvgIpc) is 2.15. The fraction of sp³-hybridized carbons (Fsp3) is 0.182. The predicted octanol–water partition coefficient (Wildman–Crippen LogP) is 3.15. The van der Waals surface area contributed by atoms with Crippen LogP contribution in [0, 0.1) is 0 Å². The second kappa shape index (κ2) is 5.96. The molecule has 0 radical (unpaired) electrons. The predicted molar refractivity (Wildman–Crippen MR) is 70.7 cm³/mol. The van der Waals surface area contributed by atoms with E-state index in [0.29, 0.717) is 11.4 Å². The van der Waals surface area contributed by atoms with Crippen molar-refractivity contribution in [2.45, 2.75) is 11.8 Å². The normalized spacial score (nSPS) is 11.5. The van der Waals surface area contributed by atoms with Crippen molar-refractivity contribution in [2.75, 3.05) is 11.5 Å². The van der Waals surface area contributed by atoms with Crippen molar-refractivity contribution in [1.29, 1.82) is 0 Å². The molecule has 5 heteroatoms. The topological polar surface area (TPSA) is 63.3 Å². The van der Waals surface area contributed by atoms with E-state index in [4.69, 9.17) is 10.8 Å². The molecule has 0 fully saturated rings. The van der Waals surface area contributed by atoms with Crippen molar-refractivity contribution < 1.29 is 9.90 Å². The molecule has 1 aromatic rings. The lowest BCUT2D eigenvalue weighted by Gasteiger charge is -2.05. The van der Waals surface area contributed by atoms with Crippen molar-refractivity contribution in [2.24, 2.45) is 0 Å². The van der Waals surface area contributed by atoms with Crippen molar-refractivity contribution in [3.63, 3.8) is 0 Å². The molecule has 0 aromatic heterocycles. The molecule has 0 atom stereocenters. The molecule has 1 aromatic carbocycles. The quantitative estimate of drug-likeness (QED) is 0.509. The van der Waals surface area contributed by atoms with Crippen LogP contribution >= 0.6 is 27.7 Å². The van der Waals surface area contributed by atoms with Gasteiger partial charge in [0.15, 0.2) is 0 Å². The Kier molecular flexibility index (Phi) is 4.89. The smallest absolute Gasteiger partial charge is 0.328 e. The first kappa shape index (κ1) is 13.1. The van der Waals surface area contributed by atoms with E-state index in [-0.39, 0.29) is 0 Å².